The highest BCUT2D eigenvalue weighted by atomic mass is 32.1. The average molecular weight is 414 g/mol. The first-order chi connectivity index (χ1) is 14.0. The summed E-state index contributed by atoms with van der Waals surface area (Å²) in [7, 11) is 3.18. The Labute approximate surface area is 175 Å². The van der Waals surface area contributed by atoms with Gasteiger partial charge in [0.05, 0.1) is 17.4 Å². The molecule has 7 heteroatoms. The first-order valence-corrected chi connectivity index (χ1v) is 10.5. The van der Waals surface area contributed by atoms with Crippen LogP contribution in [0, 0.1) is 6.92 Å². The van der Waals surface area contributed by atoms with Gasteiger partial charge < -0.3 is 14.4 Å². The van der Waals surface area contributed by atoms with E-state index in [-0.39, 0.29) is 11.9 Å². The van der Waals surface area contributed by atoms with Crippen LogP contribution in [0.15, 0.2) is 30.3 Å². The van der Waals surface area contributed by atoms with Crippen LogP contribution in [-0.2, 0) is 17.9 Å². The maximum absolute atomic E-state index is 13.6. The van der Waals surface area contributed by atoms with E-state index in [1.165, 1.54) is 11.3 Å². The van der Waals surface area contributed by atoms with Crippen molar-refractivity contribution in [3.8, 4) is 5.88 Å². The number of aryl methyl sites for hydroxylation is 1. The summed E-state index contributed by atoms with van der Waals surface area (Å²) in [5, 5.41) is 0.796. The predicted octanol–water partition coefficient (Wildman–Crippen LogP) is 4.60. The number of carbonyl (C=O) groups excluding carboxylic acids is 1. The number of fused-ring (bicyclic) bond motifs is 1. The second-order valence-corrected chi connectivity index (χ2v) is 7.99. The van der Waals surface area contributed by atoms with Gasteiger partial charge in [-0.15, -0.1) is 11.3 Å². The van der Waals surface area contributed by atoms with E-state index >= 15 is 0 Å². The van der Waals surface area contributed by atoms with Crippen LogP contribution in [0.4, 0.5) is 0 Å². The minimum atomic E-state index is 0.0130. The number of aromatic nitrogens is 2. The third-order valence-electron chi connectivity index (χ3n) is 5.04. The molecule has 0 aliphatic heterocycles. The Balaban J connectivity index is 2.04. The normalized spacial score (nSPS) is 12.2. The summed E-state index contributed by atoms with van der Waals surface area (Å²) in [5.41, 5.74) is 1.97. The Morgan fingerprint density at radius 1 is 1.21 bits per heavy atom. The number of thiophene rings is 1. The molecule has 3 rings (SSSR count). The minimum Gasteiger partial charge on any atom is -0.480 e. The molecule has 1 aromatic carbocycles. The van der Waals surface area contributed by atoms with E-state index in [1.54, 1.807) is 14.2 Å². The third kappa shape index (κ3) is 4.41. The second kappa shape index (κ2) is 9.33. The molecule has 0 fully saturated rings. The topological polar surface area (TPSA) is 64.6 Å². The molecule has 154 valence electrons. The minimum absolute atomic E-state index is 0.0130. The lowest BCUT2D eigenvalue weighted by molar-refractivity contribution is 0.0676. The van der Waals surface area contributed by atoms with Crippen molar-refractivity contribution >= 4 is 27.5 Å². The number of rotatable bonds is 8. The van der Waals surface area contributed by atoms with Gasteiger partial charge in [-0.2, -0.15) is 4.98 Å². The van der Waals surface area contributed by atoms with Gasteiger partial charge in [0.2, 0.25) is 5.88 Å². The quantitative estimate of drug-likeness (QED) is 0.540. The number of hydrogen-bond donors (Lipinski definition) is 0. The standard InChI is InChI=1S/C22H27N3O3S/c1-6-14(2)25(12-16-10-8-7-9-11-16)22(26)19-15(3)18-20(28-5)23-17(13-27-4)24-21(18)29-19/h7-11,14H,6,12-13H2,1-5H3. The first-order valence-electron chi connectivity index (χ1n) is 9.67. The maximum Gasteiger partial charge on any atom is 0.264 e. The van der Waals surface area contributed by atoms with Gasteiger partial charge in [0.15, 0.2) is 5.82 Å². The van der Waals surface area contributed by atoms with Crippen LogP contribution in [0.2, 0.25) is 0 Å². The third-order valence-corrected chi connectivity index (χ3v) is 6.22. The van der Waals surface area contributed by atoms with Gasteiger partial charge >= 0.3 is 0 Å². The highest BCUT2D eigenvalue weighted by Crippen LogP contribution is 2.36. The van der Waals surface area contributed by atoms with Crippen LogP contribution in [0.1, 0.15) is 46.9 Å². The molecule has 3 aromatic rings. The molecule has 0 saturated carbocycles. The lowest BCUT2D eigenvalue weighted by atomic mass is 10.1. The number of hydrogen-bond acceptors (Lipinski definition) is 6. The van der Waals surface area contributed by atoms with Crippen molar-refractivity contribution < 1.29 is 14.3 Å². The predicted molar refractivity (Wildman–Crippen MR) is 115 cm³/mol. The molecule has 0 radical (unpaired) electrons. The van der Waals surface area contributed by atoms with Crippen LogP contribution in [0.5, 0.6) is 5.88 Å². The summed E-state index contributed by atoms with van der Waals surface area (Å²) >= 11 is 1.39. The van der Waals surface area contributed by atoms with Crippen molar-refractivity contribution in [1.82, 2.24) is 14.9 Å². The van der Waals surface area contributed by atoms with Crippen molar-refractivity contribution in [3.05, 3.63) is 52.2 Å². The molecular formula is C22H27N3O3S. The van der Waals surface area contributed by atoms with Gasteiger partial charge in [0.25, 0.3) is 5.91 Å². The summed E-state index contributed by atoms with van der Waals surface area (Å²) in [5.74, 6) is 1.03. The Hall–Kier alpha value is -2.51. The molecular weight excluding hydrogens is 386 g/mol. The second-order valence-electron chi connectivity index (χ2n) is 6.99. The van der Waals surface area contributed by atoms with E-state index in [1.807, 2.05) is 42.2 Å². The fraction of sp³-hybridized carbons (Fsp3) is 0.409. The van der Waals surface area contributed by atoms with Crippen LogP contribution in [0.3, 0.4) is 0 Å². The summed E-state index contributed by atoms with van der Waals surface area (Å²) < 4.78 is 10.6. The largest absolute Gasteiger partial charge is 0.480 e. The van der Waals surface area contributed by atoms with Gasteiger partial charge in [0.1, 0.15) is 11.4 Å². The van der Waals surface area contributed by atoms with Crippen LogP contribution >= 0.6 is 11.3 Å². The fourth-order valence-corrected chi connectivity index (χ4v) is 4.39. The highest BCUT2D eigenvalue weighted by molar-refractivity contribution is 7.20. The Kier molecular flexibility index (Phi) is 6.82. The summed E-state index contributed by atoms with van der Waals surface area (Å²) in [6.45, 7) is 6.98. The average Bonchev–Trinajstić information content (AvgIpc) is 3.08. The van der Waals surface area contributed by atoms with Crippen molar-refractivity contribution in [1.29, 1.82) is 0 Å². The summed E-state index contributed by atoms with van der Waals surface area (Å²) in [6, 6.07) is 10.2. The molecule has 0 aliphatic carbocycles. The van der Waals surface area contributed by atoms with E-state index in [9.17, 15) is 4.79 Å². The molecule has 0 N–H and O–H groups in total. The molecule has 1 unspecified atom stereocenters. The molecule has 1 amide bonds. The Bertz CT molecular complexity index is 988. The monoisotopic (exact) mass is 413 g/mol. The highest BCUT2D eigenvalue weighted by Gasteiger charge is 2.27. The van der Waals surface area contributed by atoms with Crippen molar-refractivity contribution in [2.24, 2.45) is 0 Å². The smallest absolute Gasteiger partial charge is 0.264 e. The molecule has 0 bridgehead atoms. The lowest BCUT2D eigenvalue weighted by Crippen LogP contribution is -2.37. The molecule has 2 heterocycles. The van der Waals surface area contributed by atoms with E-state index in [0.29, 0.717) is 29.7 Å². The summed E-state index contributed by atoms with van der Waals surface area (Å²) in [4.78, 5) is 25.9. The van der Waals surface area contributed by atoms with E-state index in [2.05, 4.69) is 23.8 Å². The Morgan fingerprint density at radius 2 is 1.93 bits per heavy atom. The van der Waals surface area contributed by atoms with Crippen molar-refractivity contribution in [2.45, 2.75) is 46.4 Å². The van der Waals surface area contributed by atoms with E-state index in [4.69, 9.17) is 9.47 Å². The first kappa shape index (κ1) is 21.2. The molecule has 0 spiro atoms. The zero-order chi connectivity index (χ0) is 21.0. The zero-order valence-corrected chi connectivity index (χ0v) is 18.4. The molecule has 6 nitrogen and oxygen atoms in total. The number of benzene rings is 1. The Morgan fingerprint density at radius 3 is 2.55 bits per heavy atom. The van der Waals surface area contributed by atoms with E-state index < -0.39 is 0 Å². The van der Waals surface area contributed by atoms with E-state index in [0.717, 1.165) is 27.8 Å². The zero-order valence-electron chi connectivity index (χ0n) is 17.6. The number of amides is 1. The number of ether oxygens (including phenoxy) is 2. The molecule has 1 atom stereocenters. The van der Waals surface area contributed by atoms with Crippen LogP contribution in [0.25, 0.3) is 10.2 Å². The molecule has 29 heavy (non-hydrogen) atoms. The maximum atomic E-state index is 13.6. The molecule has 2 aromatic heterocycles. The van der Waals surface area contributed by atoms with Gasteiger partial charge in [-0.05, 0) is 31.4 Å². The van der Waals surface area contributed by atoms with Gasteiger partial charge in [-0.1, -0.05) is 37.3 Å². The SMILES string of the molecule is CCC(C)N(Cc1ccccc1)C(=O)c1sc2nc(COC)nc(OC)c2c1C. The number of carbonyl (C=O) groups is 1. The molecule has 0 aliphatic rings. The lowest BCUT2D eigenvalue weighted by Gasteiger charge is -2.28. The number of nitrogens with zero attached hydrogens (tertiary/aromatic N) is 3. The van der Waals surface area contributed by atoms with Gasteiger partial charge in [0, 0.05) is 19.7 Å². The van der Waals surface area contributed by atoms with Gasteiger partial charge in [-0.3, -0.25) is 4.79 Å². The molecule has 0 saturated heterocycles. The fourth-order valence-electron chi connectivity index (χ4n) is 3.25. The summed E-state index contributed by atoms with van der Waals surface area (Å²) in [6.07, 6.45) is 0.879. The number of methoxy groups -OCH3 is 2. The van der Waals surface area contributed by atoms with Gasteiger partial charge in [-0.25, -0.2) is 4.98 Å². The van der Waals surface area contributed by atoms with Crippen molar-refractivity contribution in [3.63, 3.8) is 0 Å². The van der Waals surface area contributed by atoms with Crippen LogP contribution in [-0.4, -0.2) is 41.0 Å². The van der Waals surface area contributed by atoms with Crippen molar-refractivity contribution in [2.75, 3.05) is 14.2 Å². The van der Waals surface area contributed by atoms with Crippen LogP contribution < -0.4 is 4.74 Å².